The van der Waals surface area contributed by atoms with E-state index >= 15 is 0 Å². The van der Waals surface area contributed by atoms with Crippen molar-refractivity contribution in [2.24, 2.45) is 0 Å². The Balaban J connectivity index is 1.94. The van der Waals surface area contributed by atoms with Crippen LogP contribution in [0.4, 0.5) is 0 Å². The van der Waals surface area contributed by atoms with Gasteiger partial charge in [0.15, 0.2) is 5.78 Å². The minimum absolute atomic E-state index is 0.0446. The van der Waals surface area contributed by atoms with Gasteiger partial charge in [0.25, 0.3) is 0 Å². The van der Waals surface area contributed by atoms with Gasteiger partial charge < -0.3 is 10.1 Å². The number of ether oxygens (including phenoxy) is 1. The molecule has 1 unspecified atom stereocenters. The SMILES string of the molecule is CCCCCC(=O)c1cc(OCC2CCN2)cnc1Cl. The Morgan fingerprint density at radius 3 is 3.00 bits per heavy atom. The van der Waals surface area contributed by atoms with Crippen LogP contribution in [-0.2, 0) is 0 Å². The van der Waals surface area contributed by atoms with E-state index in [0.717, 1.165) is 32.2 Å². The molecule has 0 amide bonds. The van der Waals surface area contributed by atoms with Crippen molar-refractivity contribution in [3.63, 3.8) is 0 Å². The number of halogens is 1. The molecule has 4 nitrogen and oxygen atoms in total. The molecule has 1 aromatic rings. The van der Waals surface area contributed by atoms with E-state index in [1.54, 1.807) is 12.3 Å². The van der Waals surface area contributed by atoms with E-state index in [-0.39, 0.29) is 10.9 Å². The number of rotatable bonds is 8. The molecule has 1 N–H and O–H groups in total. The third kappa shape index (κ3) is 4.18. The Labute approximate surface area is 124 Å². The lowest BCUT2D eigenvalue weighted by molar-refractivity contribution is 0.0978. The summed E-state index contributed by atoms with van der Waals surface area (Å²) in [4.78, 5) is 16.2. The zero-order valence-corrected chi connectivity index (χ0v) is 12.6. The van der Waals surface area contributed by atoms with E-state index in [9.17, 15) is 4.79 Å². The minimum atomic E-state index is 0.0446. The van der Waals surface area contributed by atoms with Crippen molar-refractivity contribution in [2.45, 2.75) is 45.1 Å². The maximum atomic E-state index is 12.1. The maximum Gasteiger partial charge on any atom is 0.166 e. The molecule has 110 valence electrons. The van der Waals surface area contributed by atoms with Gasteiger partial charge in [-0.3, -0.25) is 4.79 Å². The number of pyridine rings is 1. The Hall–Kier alpha value is -1.13. The summed E-state index contributed by atoms with van der Waals surface area (Å²) in [5.41, 5.74) is 0.474. The molecule has 0 radical (unpaired) electrons. The third-order valence-electron chi connectivity index (χ3n) is 3.50. The molecule has 1 atom stereocenters. The number of carbonyl (C=O) groups is 1. The molecule has 0 bridgehead atoms. The molecule has 1 saturated heterocycles. The van der Waals surface area contributed by atoms with Gasteiger partial charge in [0.05, 0.1) is 11.8 Å². The first-order valence-corrected chi connectivity index (χ1v) is 7.63. The number of Topliss-reactive ketones (excluding diaryl/α,β-unsaturated/α-hetero) is 1. The van der Waals surface area contributed by atoms with E-state index in [1.165, 1.54) is 0 Å². The summed E-state index contributed by atoms with van der Waals surface area (Å²) in [6.07, 6.45) is 6.26. The molecule has 0 saturated carbocycles. The van der Waals surface area contributed by atoms with Crippen molar-refractivity contribution in [3.8, 4) is 5.75 Å². The molecule has 0 spiro atoms. The van der Waals surface area contributed by atoms with Crippen LogP contribution in [0.2, 0.25) is 5.15 Å². The summed E-state index contributed by atoms with van der Waals surface area (Å²) in [6, 6.07) is 2.12. The van der Waals surface area contributed by atoms with Crippen molar-refractivity contribution in [3.05, 3.63) is 23.0 Å². The molecule has 1 aliphatic heterocycles. The number of carbonyl (C=O) groups excluding carboxylic acids is 1. The lowest BCUT2D eigenvalue weighted by atomic mass is 10.1. The summed E-state index contributed by atoms with van der Waals surface area (Å²) < 4.78 is 5.65. The van der Waals surface area contributed by atoms with Crippen molar-refractivity contribution in [2.75, 3.05) is 13.2 Å². The normalized spacial score (nSPS) is 17.6. The average Bonchev–Trinajstić information content (AvgIpc) is 2.39. The summed E-state index contributed by atoms with van der Waals surface area (Å²) in [6.45, 7) is 3.77. The fourth-order valence-corrected chi connectivity index (χ4v) is 2.27. The fraction of sp³-hybridized carbons (Fsp3) is 0.600. The van der Waals surface area contributed by atoms with Crippen LogP contribution in [0.1, 0.15) is 49.4 Å². The first kappa shape index (κ1) is 15.3. The van der Waals surface area contributed by atoms with Crippen LogP contribution in [0.3, 0.4) is 0 Å². The van der Waals surface area contributed by atoms with Crippen LogP contribution >= 0.6 is 11.6 Å². The number of nitrogens with zero attached hydrogens (tertiary/aromatic N) is 1. The Bertz CT molecular complexity index is 461. The molecular weight excluding hydrogens is 276 g/mol. The summed E-state index contributed by atoms with van der Waals surface area (Å²) in [7, 11) is 0. The van der Waals surface area contributed by atoms with Crippen molar-refractivity contribution in [1.82, 2.24) is 10.3 Å². The molecular formula is C15H21ClN2O2. The minimum Gasteiger partial charge on any atom is -0.490 e. The van der Waals surface area contributed by atoms with E-state index in [4.69, 9.17) is 16.3 Å². The summed E-state index contributed by atoms with van der Waals surface area (Å²) in [5, 5.41) is 3.52. The Morgan fingerprint density at radius 2 is 2.35 bits per heavy atom. The molecule has 5 heteroatoms. The number of hydrogen-bond donors (Lipinski definition) is 1. The van der Waals surface area contributed by atoms with Crippen LogP contribution < -0.4 is 10.1 Å². The van der Waals surface area contributed by atoms with Crippen LogP contribution in [0.15, 0.2) is 12.3 Å². The van der Waals surface area contributed by atoms with Gasteiger partial charge in [-0.25, -0.2) is 4.98 Å². The molecule has 2 heterocycles. The summed E-state index contributed by atoms with van der Waals surface area (Å²) >= 11 is 6.01. The molecule has 0 aromatic carbocycles. The Morgan fingerprint density at radius 1 is 1.55 bits per heavy atom. The van der Waals surface area contributed by atoms with Crippen LogP contribution in [0.25, 0.3) is 0 Å². The standard InChI is InChI=1S/C15H21ClN2O2/c1-2-3-4-5-14(19)13-8-12(9-18-15(13)16)20-10-11-6-7-17-11/h8-9,11,17H,2-7,10H2,1H3. The second kappa shape index (κ2) is 7.60. The second-order valence-electron chi connectivity index (χ2n) is 5.14. The highest BCUT2D eigenvalue weighted by atomic mass is 35.5. The molecule has 1 aliphatic rings. The van der Waals surface area contributed by atoms with E-state index in [1.807, 2.05) is 0 Å². The highest BCUT2D eigenvalue weighted by molar-refractivity contribution is 6.32. The average molecular weight is 297 g/mol. The largest absolute Gasteiger partial charge is 0.490 e. The zero-order chi connectivity index (χ0) is 14.4. The van der Waals surface area contributed by atoms with Gasteiger partial charge in [0, 0.05) is 12.5 Å². The van der Waals surface area contributed by atoms with Crippen molar-refractivity contribution >= 4 is 17.4 Å². The van der Waals surface area contributed by atoms with Gasteiger partial charge in [-0.05, 0) is 25.5 Å². The lowest BCUT2D eigenvalue weighted by Gasteiger charge is -2.27. The van der Waals surface area contributed by atoms with Gasteiger partial charge in [-0.2, -0.15) is 0 Å². The van der Waals surface area contributed by atoms with Gasteiger partial charge in [-0.1, -0.05) is 31.4 Å². The predicted octanol–water partition coefficient (Wildman–Crippen LogP) is 3.24. The third-order valence-corrected chi connectivity index (χ3v) is 3.80. The monoisotopic (exact) mass is 296 g/mol. The van der Waals surface area contributed by atoms with Gasteiger partial charge in [0.1, 0.15) is 17.5 Å². The van der Waals surface area contributed by atoms with Crippen LogP contribution in [0, 0.1) is 0 Å². The Kier molecular flexibility index (Phi) is 5.80. The zero-order valence-electron chi connectivity index (χ0n) is 11.8. The van der Waals surface area contributed by atoms with E-state index < -0.39 is 0 Å². The van der Waals surface area contributed by atoms with Crippen molar-refractivity contribution in [1.29, 1.82) is 0 Å². The van der Waals surface area contributed by atoms with Gasteiger partial charge in [-0.15, -0.1) is 0 Å². The smallest absolute Gasteiger partial charge is 0.166 e. The van der Waals surface area contributed by atoms with E-state index in [0.29, 0.717) is 30.4 Å². The second-order valence-corrected chi connectivity index (χ2v) is 5.50. The predicted molar refractivity (Wildman–Crippen MR) is 79.6 cm³/mol. The highest BCUT2D eigenvalue weighted by Crippen LogP contribution is 2.22. The molecule has 0 aliphatic carbocycles. The van der Waals surface area contributed by atoms with Crippen molar-refractivity contribution < 1.29 is 9.53 Å². The molecule has 2 rings (SSSR count). The molecule has 1 fully saturated rings. The number of ketones is 1. The quantitative estimate of drug-likeness (QED) is 0.454. The van der Waals surface area contributed by atoms with Crippen LogP contribution in [-0.4, -0.2) is 30.0 Å². The van der Waals surface area contributed by atoms with E-state index in [2.05, 4.69) is 17.2 Å². The number of aromatic nitrogens is 1. The summed E-state index contributed by atoms with van der Waals surface area (Å²) in [5.74, 6) is 0.658. The first-order chi connectivity index (χ1) is 9.70. The molecule has 1 aromatic heterocycles. The number of unbranched alkanes of at least 4 members (excludes halogenated alkanes) is 2. The highest BCUT2D eigenvalue weighted by Gasteiger charge is 2.18. The number of hydrogen-bond acceptors (Lipinski definition) is 4. The maximum absolute atomic E-state index is 12.1. The number of nitrogens with one attached hydrogen (secondary N) is 1. The molecule has 20 heavy (non-hydrogen) atoms. The lowest BCUT2D eigenvalue weighted by Crippen LogP contribution is -2.46. The van der Waals surface area contributed by atoms with Gasteiger partial charge in [0.2, 0.25) is 0 Å². The first-order valence-electron chi connectivity index (χ1n) is 7.25. The fourth-order valence-electron chi connectivity index (χ4n) is 2.06. The van der Waals surface area contributed by atoms with Gasteiger partial charge >= 0.3 is 0 Å². The topological polar surface area (TPSA) is 51.2 Å². The van der Waals surface area contributed by atoms with Crippen LogP contribution in [0.5, 0.6) is 5.75 Å².